The second-order valence-corrected chi connectivity index (χ2v) is 3.29. The first-order chi connectivity index (χ1) is 5.79. The van der Waals surface area contributed by atoms with Gasteiger partial charge in [-0.05, 0) is 6.92 Å². The molecule has 0 saturated carbocycles. The Balaban J connectivity index is 2.28. The first kappa shape index (κ1) is 7.80. The lowest BCUT2D eigenvalue weighted by Crippen LogP contribution is -2.18. The van der Waals surface area contributed by atoms with Gasteiger partial charge in [-0.3, -0.25) is 0 Å². The van der Waals surface area contributed by atoms with E-state index < -0.39 is 0 Å². The fourth-order valence-electron chi connectivity index (χ4n) is 1.52. The Kier molecular flexibility index (Phi) is 1.89. The molecule has 0 aromatic carbocycles. The molecule has 1 aliphatic heterocycles. The van der Waals surface area contributed by atoms with Crippen LogP contribution in [0.25, 0.3) is 0 Å². The molecule has 66 valence electrons. The van der Waals surface area contributed by atoms with Gasteiger partial charge in [-0.1, -0.05) is 6.92 Å². The van der Waals surface area contributed by atoms with E-state index in [9.17, 15) is 0 Å². The lowest BCUT2D eigenvalue weighted by molar-refractivity contribution is 0.0383. The van der Waals surface area contributed by atoms with E-state index in [-0.39, 0.29) is 0 Å². The highest BCUT2D eigenvalue weighted by Gasteiger charge is 2.18. The molecule has 3 nitrogen and oxygen atoms in total. The van der Waals surface area contributed by atoms with Crippen molar-refractivity contribution in [2.45, 2.75) is 39.4 Å². The molecule has 0 fully saturated rings. The van der Waals surface area contributed by atoms with Gasteiger partial charge in [0.25, 0.3) is 0 Å². The lowest BCUT2D eigenvalue weighted by Gasteiger charge is -2.17. The van der Waals surface area contributed by atoms with E-state index in [4.69, 9.17) is 4.74 Å². The van der Waals surface area contributed by atoms with Crippen LogP contribution in [0.1, 0.15) is 31.1 Å². The van der Waals surface area contributed by atoms with Crippen molar-refractivity contribution in [3.8, 4) is 0 Å². The van der Waals surface area contributed by atoms with E-state index in [0.717, 1.165) is 18.7 Å². The summed E-state index contributed by atoms with van der Waals surface area (Å²) in [6.45, 7) is 4.89. The Morgan fingerprint density at radius 3 is 3.25 bits per heavy atom. The van der Waals surface area contributed by atoms with Crippen LogP contribution >= 0.6 is 0 Å². The minimum absolute atomic E-state index is 0.325. The topological polar surface area (TPSA) is 37.9 Å². The molecule has 1 aromatic rings. The average Bonchev–Trinajstić information content (AvgIpc) is 2.46. The van der Waals surface area contributed by atoms with Gasteiger partial charge in [-0.2, -0.15) is 0 Å². The van der Waals surface area contributed by atoms with Crippen molar-refractivity contribution in [3.63, 3.8) is 0 Å². The number of rotatable bonds is 1. The van der Waals surface area contributed by atoms with Crippen LogP contribution in [0, 0.1) is 0 Å². The highest BCUT2D eigenvalue weighted by molar-refractivity contribution is 5.16. The predicted octanol–water partition coefficient (Wildman–Crippen LogP) is 1.43. The summed E-state index contributed by atoms with van der Waals surface area (Å²) in [6.07, 6.45) is 2.25. The molecular formula is C9H14N2O. The van der Waals surface area contributed by atoms with Crippen molar-refractivity contribution >= 4 is 0 Å². The molecule has 0 spiro atoms. The van der Waals surface area contributed by atoms with Crippen LogP contribution < -0.4 is 0 Å². The molecule has 0 amide bonds. The highest BCUT2D eigenvalue weighted by atomic mass is 16.5. The van der Waals surface area contributed by atoms with E-state index in [1.54, 1.807) is 0 Å². The van der Waals surface area contributed by atoms with Crippen molar-refractivity contribution in [2.75, 3.05) is 0 Å². The Hall–Kier alpha value is -0.830. The van der Waals surface area contributed by atoms with Gasteiger partial charge in [0.05, 0.1) is 24.1 Å². The zero-order valence-corrected chi connectivity index (χ0v) is 7.55. The fourth-order valence-corrected chi connectivity index (χ4v) is 1.52. The van der Waals surface area contributed by atoms with Crippen molar-refractivity contribution < 1.29 is 4.74 Å². The van der Waals surface area contributed by atoms with Crippen molar-refractivity contribution in [3.05, 3.63) is 17.2 Å². The predicted molar refractivity (Wildman–Crippen MR) is 45.9 cm³/mol. The number of aromatic nitrogens is 2. The third-order valence-electron chi connectivity index (χ3n) is 2.24. The number of nitrogens with zero attached hydrogens (tertiary/aromatic N) is 1. The standard InChI is InChI=1S/C9H14N2O/c1-3-9-10-7-4-6(2)12-5-8(7)11-9/h6H,3-5H2,1-2H3,(H,10,11). The Bertz CT molecular complexity index is 280. The normalized spacial score (nSPS) is 22.3. The van der Waals surface area contributed by atoms with Gasteiger partial charge >= 0.3 is 0 Å². The molecule has 0 aliphatic carbocycles. The molecule has 1 atom stereocenters. The number of nitrogens with one attached hydrogen (secondary N) is 1. The summed E-state index contributed by atoms with van der Waals surface area (Å²) < 4.78 is 5.49. The van der Waals surface area contributed by atoms with E-state index >= 15 is 0 Å². The minimum atomic E-state index is 0.325. The lowest BCUT2D eigenvalue weighted by atomic mass is 10.1. The van der Waals surface area contributed by atoms with Gasteiger partial charge in [0.1, 0.15) is 5.82 Å². The zero-order chi connectivity index (χ0) is 8.55. The molecule has 3 heteroatoms. The smallest absolute Gasteiger partial charge is 0.106 e. The quantitative estimate of drug-likeness (QED) is 0.685. The molecule has 1 unspecified atom stereocenters. The molecule has 0 bridgehead atoms. The summed E-state index contributed by atoms with van der Waals surface area (Å²) in [5, 5.41) is 0. The maximum absolute atomic E-state index is 5.49. The molecule has 0 radical (unpaired) electrons. The van der Waals surface area contributed by atoms with Crippen molar-refractivity contribution in [1.29, 1.82) is 0 Å². The van der Waals surface area contributed by atoms with Crippen LogP contribution in [0.5, 0.6) is 0 Å². The largest absolute Gasteiger partial charge is 0.372 e. The van der Waals surface area contributed by atoms with Gasteiger partial charge < -0.3 is 9.72 Å². The molecule has 1 aromatic heterocycles. The Labute approximate surface area is 72.2 Å². The summed E-state index contributed by atoms with van der Waals surface area (Å²) >= 11 is 0. The van der Waals surface area contributed by atoms with Crippen LogP contribution in [0.3, 0.4) is 0 Å². The maximum Gasteiger partial charge on any atom is 0.106 e. The monoisotopic (exact) mass is 166 g/mol. The summed E-state index contributed by atoms with van der Waals surface area (Å²) in [4.78, 5) is 7.75. The average molecular weight is 166 g/mol. The van der Waals surface area contributed by atoms with Crippen molar-refractivity contribution in [2.24, 2.45) is 0 Å². The molecule has 2 heterocycles. The molecule has 1 aliphatic rings. The fraction of sp³-hybridized carbons (Fsp3) is 0.667. The molecule has 0 saturated heterocycles. The zero-order valence-electron chi connectivity index (χ0n) is 7.55. The van der Waals surface area contributed by atoms with Crippen LogP contribution in [0.2, 0.25) is 0 Å². The summed E-state index contributed by atoms with van der Waals surface area (Å²) in [7, 11) is 0. The number of hydrogen-bond donors (Lipinski definition) is 1. The van der Waals surface area contributed by atoms with Crippen molar-refractivity contribution in [1.82, 2.24) is 9.97 Å². The summed E-state index contributed by atoms with van der Waals surface area (Å²) in [6, 6.07) is 0. The van der Waals surface area contributed by atoms with Gasteiger partial charge in [-0.25, -0.2) is 4.98 Å². The minimum Gasteiger partial charge on any atom is -0.372 e. The second-order valence-electron chi connectivity index (χ2n) is 3.29. The van der Waals surface area contributed by atoms with Gasteiger partial charge in [-0.15, -0.1) is 0 Å². The molecule has 1 N–H and O–H groups in total. The SMILES string of the molecule is CCc1nc2c([nH]1)COC(C)C2. The molecule has 2 rings (SSSR count). The number of hydrogen-bond acceptors (Lipinski definition) is 2. The van der Waals surface area contributed by atoms with Crippen LogP contribution in [0.15, 0.2) is 0 Å². The first-order valence-corrected chi connectivity index (χ1v) is 4.47. The number of imidazole rings is 1. The Morgan fingerprint density at radius 1 is 1.67 bits per heavy atom. The van der Waals surface area contributed by atoms with Crippen LogP contribution in [-0.4, -0.2) is 16.1 Å². The molecular weight excluding hydrogens is 152 g/mol. The summed E-state index contributed by atoms with van der Waals surface area (Å²) in [5.41, 5.74) is 2.37. The Morgan fingerprint density at radius 2 is 2.50 bits per heavy atom. The third kappa shape index (κ3) is 1.25. The highest BCUT2D eigenvalue weighted by Crippen LogP contribution is 2.18. The number of fused-ring (bicyclic) bond motifs is 1. The third-order valence-corrected chi connectivity index (χ3v) is 2.24. The van der Waals surface area contributed by atoms with E-state index in [0.29, 0.717) is 12.7 Å². The van der Waals surface area contributed by atoms with Gasteiger partial charge in [0, 0.05) is 12.8 Å². The van der Waals surface area contributed by atoms with Gasteiger partial charge in [0.2, 0.25) is 0 Å². The van der Waals surface area contributed by atoms with E-state index in [2.05, 4.69) is 23.8 Å². The van der Waals surface area contributed by atoms with E-state index in [1.807, 2.05) is 0 Å². The first-order valence-electron chi connectivity index (χ1n) is 4.47. The molecule has 12 heavy (non-hydrogen) atoms. The van der Waals surface area contributed by atoms with E-state index in [1.165, 1.54) is 11.4 Å². The number of H-pyrrole nitrogens is 1. The summed E-state index contributed by atoms with van der Waals surface area (Å²) in [5.74, 6) is 1.08. The number of aryl methyl sites for hydroxylation is 1. The second kappa shape index (κ2) is 2.90. The van der Waals surface area contributed by atoms with Gasteiger partial charge in [0.15, 0.2) is 0 Å². The number of aromatic amines is 1. The van der Waals surface area contributed by atoms with Crippen LogP contribution in [0.4, 0.5) is 0 Å². The van der Waals surface area contributed by atoms with Crippen LogP contribution in [-0.2, 0) is 24.2 Å². The maximum atomic E-state index is 5.49. The number of ether oxygens (including phenoxy) is 1.